The molecule has 0 fully saturated rings. The van der Waals surface area contributed by atoms with Crippen LogP contribution >= 0.6 is 0 Å². The van der Waals surface area contributed by atoms with Gasteiger partial charge in [-0.25, -0.2) is 4.79 Å². The van der Waals surface area contributed by atoms with Gasteiger partial charge in [0, 0.05) is 5.56 Å². The highest BCUT2D eigenvalue weighted by molar-refractivity contribution is 5.97. The molecule has 74 valence electrons. The summed E-state index contributed by atoms with van der Waals surface area (Å²) in [6.07, 6.45) is -0.989. The number of phenols is 1. The summed E-state index contributed by atoms with van der Waals surface area (Å²) in [5.74, 6) is -0.304. The molecule has 5 nitrogen and oxygen atoms in total. The topological polar surface area (TPSA) is 89.6 Å². The zero-order valence-corrected chi connectivity index (χ0v) is 7.27. The van der Waals surface area contributed by atoms with Crippen LogP contribution in [0.15, 0.2) is 24.3 Å². The molecule has 0 saturated heterocycles. The molecule has 3 N–H and O–H groups in total. The summed E-state index contributed by atoms with van der Waals surface area (Å²) in [6.45, 7) is -0.389. The number of ether oxygens (including phenoxy) is 1. The number of ketones is 1. The van der Waals surface area contributed by atoms with Crippen LogP contribution in [0.25, 0.3) is 0 Å². The second-order valence-corrected chi connectivity index (χ2v) is 2.58. The molecule has 0 unspecified atom stereocenters. The standard InChI is InChI=1S/C9H9NO4/c10-9(13)14-5-8(12)6-1-3-7(11)4-2-6/h1-4,11H,5H2,(H2,10,13). The predicted octanol–water partition coefficient (Wildman–Crippen LogP) is 0.670. The monoisotopic (exact) mass is 195 g/mol. The van der Waals surface area contributed by atoms with Gasteiger partial charge in [-0.1, -0.05) is 0 Å². The van der Waals surface area contributed by atoms with Gasteiger partial charge < -0.3 is 15.6 Å². The molecule has 1 aromatic rings. The molecule has 0 aliphatic rings. The summed E-state index contributed by atoms with van der Waals surface area (Å²) >= 11 is 0. The van der Waals surface area contributed by atoms with Gasteiger partial charge >= 0.3 is 6.09 Å². The highest BCUT2D eigenvalue weighted by Crippen LogP contribution is 2.09. The summed E-state index contributed by atoms with van der Waals surface area (Å²) in [4.78, 5) is 21.4. The van der Waals surface area contributed by atoms with Crippen LogP contribution in [-0.2, 0) is 4.74 Å². The van der Waals surface area contributed by atoms with Crippen molar-refractivity contribution in [1.29, 1.82) is 0 Å². The van der Waals surface area contributed by atoms with Gasteiger partial charge in [0.05, 0.1) is 0 Å². The van der Waals surface area contributed by atoms with Gasteiger partial charge in [-0.15, -0.1) is 0 Å². The number of aromatic hydroxyl groups is 1. The Morgan fingerprint density at radius 1 is 1.29 bits per heavy atom. The largest absolute Gasteiger partial charge is 0.508 e. The van der Waals surface area contributed by atoms with Crippen molar-refractivity contribution in [3.05, 3.63) is 29.8 Å². The number of nitrogens with two attached hydrogens (primary N) is 1. The molecule has 0 saturated carbocycles. The Balaban J connectivity index is 2.61. The van der Waals surface area contributed by atoms with Crippen molar-refractivity contribution >= 4 is 11.9 Å². The molecule has 0 heterocycles. The highest BCUT2D eigenvalue weighted by Gasteiger charge is 2.07. The van der Waals surface area contributed by atoms with Crippen molar-refractivity contribution in [3.63, 3.8) is 0 Å². The van der Waals surface area contributed by atoms with Crippen molar-refractivity contribution < 1.29 is 19.4 Å². The number of carbonyl (C=O) groups excluding carboxylic acids is 2. The zero-order valence-electron chi connectivity index (χ0n) is 7.27. The summed E-state index contributed by atoms with van der Waals surface area (Å²) in [6, 6.07) is 5.61. The maximum atomic E-state index is 11.2. The van der Waals surface area contributed by atoms with Crippen LogP contribution in [0.4, 0.5) is 4.79 Å². The maximum Gasteiger partial charge on any atom is 0.404 e. The van der Waals surface area contributed by atoms with Crippen LogP contribution in [0.2, 0.25) is 0 Å². The third kappa shape index (κ3) is 2.78. The van der Waals surface area contributed by atoms with E-state index in [2.05, 4.69) is 10.5 Å². The zero-order chi connectivity index (χ0) is 10.6. The van der Waals surface area contributed by atoms with Crippen LogP contribution in [0.3, 0.4) is 0 Å². The predicted molar refractivity (Wildman–Crippen MR) is 48.0 cm³/mol. The van der Waals surface area contributed by atoms with E-state index in [1.54, 1.807) is 0 Å². The average molecular weight is 195 g/mol. The summed E-state index contributed by atoms with van der Waals surface area (Å²) in [5.41, 5.74) is 5.04. The van der Waals surface area contributed by atoms with Gasteiger partial charge in [0.2, 0.25) is 0 Å². The van der Waals surface area contributed by atoms with Crippen LogP contribution < -0.4 is 5.73 Å². The molecule has 0 aromatic heterocycles. The highest BCUT2D eigenvalue weighted by atomic mass is 16.5. The molecular weight excluding hydrogens is 186 g/mol. The molecule has 0 atom stereocenters. The molecule has 0 aliphatic carbocycles. The number of hydrogen-bond acceptors (Lipinski definition) is 4. The Hall–Kier alpha value is -2.04. The van der Waals surface area contributed by atoms with E-state index in [9.17, 15) is 9.59 Å². The fourth-order valence-electron chi connectivity index (χ4n) is 0.867. The van der Waals surface area contributed by atoms with E-state index in [1.165, 1.54) is 24.3 Å². The Labute approximate surface area is 80.1 Å². The smallest absolute Gasteiger partial charge is 0.404 e. The molecule has 0 aliphatic heterocycles. The molecule has 1 aromatic carbocycles. The Bertz CT molecular complexity index is 344. The van der Waals surface area contributed by atoms with E-state index in [4.69, 9.17) is 5.11 Å². The van der Waals surface area contributed by atoms with E-state index < -0.39 is 6.09 Å². The lowest BCUT2D eigenvalue weighted by Gasteiger charge is -2.00. The average Bonchev–Trinajstić information content (AvgIpc) is 2.15. The van der Waals surface area contributed by atoms with Crippen LogP contribution in [0, 0.1) is 0 Å². The maximum absolute atomic E-state index is 11.2. The third-order valence-electron chi connectivity index (χ3n) is 1.53. The minimum atomic E-state index is -0.989. The van der Waals surface area contributed by atoms with Crippen molar-refractivity contribution in [2.45, 2.75) is 0 Å². The van der Waals surface area contributed by atoms with Crippen molar-refractivity contribution in [3.8, 4) is 5.75 Å². The lowest BCUT2D eigenvalue weighted by molar-refractivity contribution is 0.0857. The quantitative estimate of drug-likeness (QED) is 0.693. The SMILES string of the molecule is NC(=O)OCC(=O)c1ccc(O)cc1. The lowest BCUT2D eigenvalue weighted by Crippen LogP contribution is -2.18. The second-order valence-electron chi connectivity index (χ2n) is 2.58. The first-order valence-corrected chi connectivity index (χ1v) is 3.84. The first-order chi connectivity index (χ1) is 6.59. The number of phenolic OH excluding ortho intramolecular Hbond substituents is 1. The fraction of sp³-hybridized carbons (Fsp3) is 0.111. The van der Waals surface area contributed by atoms with E-state index in [-0.39, 0.29) is 18.1 Å². The lowest BCUT2D eigenvalue weighted by atomic mass is 10.1. The number of Topliss-reactive ketones (excluding diaryl/α,β-unsaturated/α-hetero) is 1. The summed E-state index contributed by atoms with van der Waals surface area (Å²) in [7, 11) is 0. The number of carbonyl (C=O) groups is 2. The molecule has 1 rings (SSSR count). The molecule has 0 spiro atoms. The van der Waals surface area contributed by atoms with E-state index >= 15 is 0 Å². The molecule has 0 bridgehead atoms. The van der Waals surface area contributed by atoms with Crippen molar-refractivity contribution in [1.82, 2.24) is 0 Å². The summed E-state index contributed by atoms with van der Waals surface area (Å²) < 4.78 is 4.32. The van der Waals surface area contributed by atoms with Gasteiger partial charge in [0.1, 0.15) is 5.75 Å². The van der Waals surface area contributed by atoms with Gasteiger partial charge in [-0.2, -0.15) is 0 Å². The fourth-order valence-corrected chi connectivity index (χ4v) is 0.867. The normalized spacial score (nSPS) is 9.43. The first-order valence-electron chi connectivity index (χ1n) is 3.84. The van der Waals surface area contributed by atoms with Crippen molar-refractivity contribution in [2.24, 2.45) is 5.73 Å². The van der Waals surface area contributed by atoms with E-state index in [1.807, 2.05) is 0 Å². The summed E-state index contributed by atoms with van der Waals surface area (Å²) in [5, 5.41) is 8.94. The molecular formula is C9H9NO4. The van der Waals surface area contributed by atoms with Crippen molar-refractivity contribution in [2.75, 3.05) is 6.61 Å². The second kappa shape index (κ2) is 4.27. The number of benzene rings is 1. The number of amides is 1. The minimum absolute atomic E-state index is 0.0670. The van der Waals surface area contributed by atoms with E-state index in [0.717, 1.165) is 0 Å². The third-order valence-corrected chi connectivity index (χ3v) is 1.53. The van der Waals surface area contributed by atoms with Crippen LogP contribution in [0.5, 0.6) is 5.75 Å². The molecule has 1 amide bonds. The molecule has 14 heavy (non-hydrogen) atoms. The Morgan fingerprint density at radius 3 is 2.36 bits per heavy atom. The van der Waals surface area contributed by atoms with Gasteiger partial charge in [-0.3, -0.25) is 4.79 Å². The molecule has 5 heteroatoms. The van der Waals surface area contributed by atoms with Gasteiger partial charge in [0.15, 0.2) is 12.4 Å². The minimum Gasteiger partial charge on any atom is -0.508 e. The number of primary amides is 1. The van der Waals surface area contributed by atoms with Crippen LogP contribution in [-0.4, -0.2) is 23.6 Å². The Kier molecular flexibility index (Phi) is 3.06. The first kappa shape index (κ1) is 10.0. The number of hydrogen-bond donors (Lipinski definition) is 2. The van der Waals surface area contributed by atoms with Crippen LogP contribution in [0.1, 0.15) is 10.4 Å². The van der Waals surface area contributed by atoms with Gasteiger partial charge in [0.25, 0.3) is 0 Å². The molecule has 0 radical (unpaired) electrons. The number of rotatable bonds is 3. The Morgan fingerprint density at radius 2 is 1.86 bits per heavy atom. The van der Waals surface area contributed by atoms with E-state index in [0.29, 0.717) is 5.56 Å². The van der Waals surface area contributed by atoms with Gasteiger partial charge in [-0.05, 0) is 24.3 Å².